The van der Waals surface area contributed by atoms with Crippen LogP contribution in [0.15, 0.2) is 78.9 Å². The minimum atomic E-state index is 0.545. The average molecular weight is 439 g/mol. The van der Waals surface area contributed by atoms with Crippen molar-refractivity contribution in [2.24, 2.45) is 0 Å². The summed E-state index contributed by atoms with van der Waals surface area (Å²) in [7, 11) is 3.98. The van der Waals surface area contributed by atoms with E-state index in [1.54, 1.807) is 0 Å². The van der Waals surface area contributed by atoms with Crippen molar-refractivity contribution in [3.05, 3.63) is 89.4 Å². The molecule has 0 fully saturated rings. The van der Waals surface area contributed by atoms with Gasteiger partial charge in [0.05, 0.1) is 11.6 Å². The molecule has 0 unspecified atom stereocenters. The van der Waals surface area contributed by atoms with Gasteiger partial charge in [-0.05, 0) is 70.3 Å². The predicted octanol–water partition coefficient (Wildman–Crippen LogP) is 6.44. The molecule has 0 amide bonds. The Morgan fingerprint density at radius 2 is 1.41 bits per heavy atom. The first-order valence-corrected chi connectivity index (χ1v) is 10.5. The zero-order valence-corrected chi connectivity index (χ0v) is 18.7. The standard InChI is InChI=1S/C27H23ClN4/c1-32(2)23-8-4-6-19(13-23)27-25(30)14-20(15-26(27)31)24-10-9-18(11-21(24)16-29)17-5-3-7-22(28)12-17/h3-15H,30-31H2,1-2H3. The molecule has 0 heterocycles. The molecule has 4 nitrogen and oxygen atoms in total. The van der Waals surface area contributed by atoms with Crippen LogP contribution in [0.1, 0.15) is 5.56 Å². The van der Waals surface area contributed by atoms with Gasteiger partial charge in [0.1, 0.15) is 0 Å². The maximum absolute atomic E-state index is 9.82. The summed E-state index contributed by atoms with van der Waals surface area (Å²) in [6.45, 7) is 0. The van der Waals surface area contributed by atoms with Gasteiger partial charge in [-0.3, -0.25) is 0 Å². The lowest BCUT2D eigenvalue weighted by Gasteiger charge is -2.17. The van der Waals surface area contributed by atoms with Crippen LogP contribution < -0.4 is 16.4 Å². The number of halogens is 1. The zero-order chi connectivity index (χ0) is 22.8. The van der Waals surface area contributed by atoms with Crippen molar-refractivity contribution < 1.29 is 0 Å². The van der Waals surface area contributed by atoms with Crippen LogP contribution in [0.2, 0.25) is 5.02 Å². The highest BCUT2D eigenvalue weighted by atomic mass is 35.5. The molecule has 0 atom stereocenters. The van der Waals surface area contributed by atoms with E-state index < -0.39 is 0 Å². The topological polar surface area (TPSA) is 79.1 Å². The zero-order valence-electron chi connectivity index (χ0n) is 17.9. The van der Waals surface area contributed by atoms with Crippen molar-refractivity contribution in [1.29, 1.82) is 5.26 Å². The summed E-state index contributed by atoms with van der Waals surface area (Å²) in [5, 5.41) is 10.5. The van der Waals surface area contributed by atoms with E-state index in [-0.39, 0.29) is 0 Å². The van der Waals surface area contributed by atoms with Gasteiger partial charge >= 0.3 is 0 Å². The van der Waals surface area contributed by atoms with E-state index in [4.69, 9.17) is 23.1 Å². The number of nitrogens with zero attached hydrogens (tertiary/aromatic N) is 2. The van der Waals surface area contributed by atoms with E-state index >= 15 is 0 Å². The number of nitrogens with two attached hydrogens (primary N) is 2. The van der Waals surface area contributed by atoms with Crippen LogP contribution in [-0.2, 0) is 0 Å². The second kappa shape index (κ2) is 8.66. The number of hydrogen-bond acceptors (Lipinski definition) is 4. The fraction of sp³-hybridized carbons (Fsp3) is 0.0741. The Hall–Kier alpha value is -3.94. The summed E-state index contributed by atoms with van der Waals surface area (Å²) < 4.78 is 0. The van der Waals surface area contributed by atoms with Gasteiger partial charge in [0, 0.05) is 41.7 Å². The number of hydrogen-bond donors (Lipinski definition) is 2. The molecule has 0 spiro atoms. The lowest BCUT2D eigenvalue weighted by atomic mass is 9.92. The first kappa shape index (κ1) is 21.3. The Morgan fingerprint density at radius 1 is 0.750 bits per heavy atom. The van der Waals surface area contributed by atoms with Gasteiger partial charge < -0.3 is 16.4 Å². The van der Waals surface area contributed by atoms with Gasteiger partial charge in [0.2, 0.25) is 0 Å². The molecular weight excluding hydrogens is 416 g/mol. The quantitative estimate of drug-likeness (QED) is 0.359. The van der Waals surface area contributed by atoms with E-state index in [1.165, 1.54) is 0 Å². The summed E-state index contributed by atoms with van der Waals surface area (Å²) in [6, 6.07) is 27.5. The first-order valence-electron chi connectivity index (χ1n) is 10.1. The highest BCUT2D eigenvalue weighted by molar-refractivity contribution is 6.30. The molecule has 0 radical (unpaired) electrons. The number of nitrogen functional groups attached to an aromatic ring is 2. The summed E-state index contributed by atoms with van der Waals surface area (Å²) in [6.07, 6.45) is 0. The summed E-state index contributed by atoms with van der Waals surface area (Å²) in [5.74, 6) is 0. The Kier molecular flexibility index (Phi) is 5.77. The van der Waals surface area contributed by atoms with Gasteiger partial charge in [-0.1, -0.05) is 48.0 Å². The molecule has 158 valence electrons. The predicted molar refractivity (Wildman–Crippen MR) is 136 cm³/mol. The van der Waals surface area contributed by atoms with Crippen LogP contribution in [0.25, 0.3) is 33.4 Å². The molecule has 0 saturated heterocycles. The summed E-state index contributed by atoms with van der Waals surface area (Å²) >= 11 is 6.13. The minimum Gasteiger partial charge on any atom is -0.398 e. The highest BCUT2D eigenvalue weighted by Crippen LogP contribution is 2.39. The summed E-state index contributed by atoms with van der Waals surface area (Å²) in [4.78, 5) is 2.03. The van der Waals surface area contributed by atoms with Crippen molar-refractivity contribution in [2.75, 3.05) is 30.5 Å². The largest absolute Gasteiger partial charge is 0.398 e. The number of anilines is 3. The third-order valence-corrected chi connectivity index (χ3v) is 5.69. The Balaban J connectivity index is 1.78. The van der Waals surface area contributed by atoms with Gasteiger partial charge in [-0.15, -0.1) is 0 Å². The van der Waals surface area contributed by atoms with Crippen molar-refractivity contribution in [2.45, 2.75) is 0 Å². The molecule has 4 aromatic carbocycles. The second-order valence-corrected chi connectivity index (χ2v) is 8.29. The van der Waals surface area contributed by atoms with Gasteiger partial charge in [0.15, 0.2) is 0 Å². The third-order valence-electron chi connectivity index (χ3n) is 5.46. The van der Waals surface area contributed by atoms with E-state index in [9.17, 15) is 5.26 Å². The lowest BCUT2D eigenvalue weighted by molar-refractivity contribution is 1.13. The molecule has 0 aliphatic rings. The van der Waals surface area contributed by atoms with E-state index in [2.05, 4.69) is 12.1 Å². The second-order valence-electron chi connectivity index (χ2n) is 7.86. The molecule has 0 aliphatic heterocycles. The number of benzene rings is 4. The monoisotopic (exact) mass is 438 g/mol. The fourth-order valence-corrected chi connectivity index (χ4v) is 4.04. The molecule has 4 N–H and O–H groups in total. The maximum atomic E-state index is 9.82. The van der Waals surface area contributed by atoms with Crippen molar-refractivity contribution in [3.8, 4) is 39.4 Å². The van der Waals surface area contributed by atoms with E-state index in [0.29, 0.717) is 22.0 Å². The Morgan fingerprint density at radius 3 is 2.06 bits per heavy atom. The molecule has 5 heteroatoms. The SMILES string of the molecule is CN(C)c1cccc(-c2c(N)cc(-c3ccc(-c4cccc(Cl)c4)cc3C#N)cc2N)c1. The number of rotatable bonds is 4. The van der Waals surface area contributed by atoms with E-state index in [0.717, 1.165) is 39.1 Å². The average Bonchev–Trinajstić information content (AvgIpc) is 2.78. The molecule has 0 saturated carbocycles. The van der Waals surface area contributed by atoms with Crippen molar-refractivity contribution in [3.63, 3.8) is 0 Å². The molecule has 32 heavy (non-hydrogen) atoms. The van der Waals surface area contributed by atoms with Crippen LogP contribution in [-0.4, -0.2) is 14.1 Å². The van der Waals surface area contributed by atoms with Crippen LogP contribution in [0, 0.1) is 11.3 Å². The smallest absolute Gasteiger partial charge is 0.0998 e. The molecule has 4 rings (SSSR count). The summed E-state index contributed by atoms with van der Waals surface area (Å²) in [5.41, 5.74) is 20.9. The van der Waals surface area contributed by atoms with Crippen molar-refractivity contribution in [1.82, 2.24) is 0 Å². The van der Waals surface area contributed by atoms with Crippen molar-refractivity contribution >= 4 is 28.7 Å². The van der Waals surface area contributed by atoms with Crippen LogP contribution in [0.5, 0.6) is 0 Å². The van der Waals surface area contributed by atoms with Crippen LogP contribution in [0.3, 0.4) is 0 Å². The molecule has 4 aromatic rings. The maximum Gasteiger partial charge on any atom is 0.0998 e. The third kappa shape index (κ3) is 4.12. The van der Waals surface area contributed by atoms with Gasteiger partial charge in [-0.25, -0.2) is 0 Å². The van der Waals surface area contributed by atoms with Gasteiger partial charge in [-0.2, -0.15) is 5.26 Å². The highest BCUT2D eigenvalue weighted by Gasteiger charge is 2.14. The van der Waals surface area contributed by atoms with Gasteiger partial charge in [0.25, 0.3) is 0 Å². The first-order chi connectivity index (χ1) is 15.4. The normalized spacial score (nSPS) is 10.6. The van der Waals surface area contributed by atoms with E-state index in [1.807, 2.05) is 91.8 Å². The molecular formula is C27H23ClN4. The molecule has 0 aliphatic carbocycles. The van der Waals surface area contributed by atoms with Crippen LogP contribution >= 0.6 is 11.6 Å². The fourth-order valence-electron chi connectivity index (χ4n) is 3.85. The molecule has 0 aromatic heterocycles. The minimum absolute atomic E-state index is 0.545. The number of nitriles is 1. The Bertz CT molecular complexity index is 1330. The van der Waals surface area contributed by atoms with Crippen LogP contribution in [0.4, 0.5) is 17.1 Å². The lowest BCUT2D eigenvalue weighted by Crippen LogP contribution is -2.08. The molecule has 0 bridgehead atoms. The Labute approximate surface area is 193 Å².